The van der Waals surface area contributed by atoms with Crippen LogP contribution in [0.15, 0.2) is 54.6 Å². The Kier molecular flexibility index (Phi) is 6.34. The van der Waals surface area contributed by atoms with Crippen molar-refractivity contribution in [2.75, 3.05) is 19.7 Å². The van der Waals surface area contributed by atoms with Gasteiger partial charge in [0.1, 0.15) is 11.6 Å². The first kappa shape index (κ1) is 23.9. The molecule has 1 unspecified atom stereocenters. The van der Waals surface area contributed by atoms with Crippen molar-refractivity contribution < 1.29 is 27.8 Å². The van der Waals surface area contributed by atoms with E-state index in [1.54, 1.807) is 17.0 Å². The normalized spacial score (nSPS) is 20.9. The highest BCUT2D eigenvalue weighted by Gasteiger charge is 2.47. The van der Waals surface area contributed by atoms with Gasteiger partial charge in [-0.15, -0.1) is 0 Å². The Bertz CT molecular complexity index is 1290. The fourth-order valence-electron chi connectivity index (χ4n) is 4.45. The van der Waals surface area contributed by atoms with Crippen LogP contribution >= 0.6 is 23.2 Å². The Labute approximate surface area is 211 Å². The minimum Gasteiger partial charge on any atom is -0.440 e. The molecular formula is C26H21Cl2F2NO4. The molecule has 1 fully saturated rings. The Balaban J connectivity index is 1.54. The number of fused-ring (bicyclic) bond motifs is 1. The summed E-state index contributed by atoms with van der Waals surface area (Å²) >= 11 is 12.6. The van der Waals surface area contributed by atoms with E-state index in [1.807, 2.05) is 6.92 Å². The molecule has 2 aliphatic rings. The summed E-state index contributed by atoms with van der Waals surface area (Å²) in [6.07, 6.45) is 0.619. The highest BCUT2D eigenvalue weighted by Crippen LogP contribution is 2.50. The molecule has 0 radical (unpaired) electrons. The maximum absolute atomic E-state index is 15.1. The Morgan fingerprint density at radius 2 is 1.80 bits per heavy atom. The SMILES string of the molecule is CCO[C@H]1CCN(C(=O)c2cc3c(cc2F)OC(c2ccc(F)cc2)(c2ccc(Cl)cc2Cl)O3)C1. The molecule has 0 aromatic heterocycles. The quantitative estimate of drug-likeness (QED) is 0.403. The topological polar surface area (TPSA) is 48.0 Å². The van der Waals surface area contributed by atoms with Crippen LogP contribution < -0.4 is 9.47 Å². The van der Waals surface area contributed by atoms with E-state index in [0.29, 0.717) is 42.3 Å². The van der Waals surface area contributed by atoms with Gasteiger partial charge in [0.05, 0.1) is 22.3 Å². The van der Waals surface area contributed by atoms with Crippen molar-refractivity contribution in [3.8, 4) is 11.5 Å². The largest absolute Gasteiger partial charge is 0.440 e. The van der Waals surface area contributed by atoms with E-state index in [1.165, 1.54) is 36.4 Å². The fraction of sp³-hybridized carbons (Fsp3) is 0.269. The molecule has 2 atom stereocenters. The van der Waals surface area contributed by atoms with Gasteiger partial charge in [-0.05, 0) is 61.9 Å². The number of hydrogen-bond acceptors (Lipinski definition) is 4. The number of amides is 1. The van der Waals surface area contributed by atoms with Crippen LogP contribution in [-0.2, 0) is 10.5 Å². The molecule has 1 amide bonds. The lowest BCUT2D eigenvalue weighted by atomic mass is 9.97. The summed E-state index contributed by atoms with van der Waals surface area (Å²) in [4.78, 5) is 14.7. The maximum Gasteiger partial charge on any atom is 0.307 e. The summed E-state index contributed by atoms with van der Waals surface area (Å²) in [5, 5.41) is 0.642. The minimum atomic E-state index is -1.64. The van der Waals surface area contributed by atoms with Gasteiger partial charge >= 0.3 is 5.79 Å². The monoisotopic (exact) mass is 519 g/mol. The molecule has 182 valence electrons. The second-order valence-electron chi connectivity index (χ2n) is 8.35. The van der Waals surface area contributed by atoms with Crippen LogP contribution in [0.5, 0.6) is 11.5 Å². The van der Waals surface area contributed by atoms with Crippen molar-refractivity contribution in [3.63, 3.8) is 0 Å². The zero-order chi connectivity index (χ0) is 24.7. The molecule has 1 saturated heterocycles. The van der Waals surface area contributed by atoms with Crippen molar-refractivity contribution in [2.24, 2.45) is 0 Å². The summed E-state index contributed by atoms with van der Waals surface area (Å²) in [5.41, 5.74) is 0.673. The first-order valence-electron chi connectivity index (χ1n) is 11.1. The maximum atomic E-state index is 15.1. The molecule has 0 N–H and O–H groups in total. The molecule has 5 rings (SSSR count). The van der Waals surface area contributed by atoms with Gasteiger partial charge in [-0.1, -0.05) is 23.2 Å². The lowest BCUT2D eigenvalue weighted by Crippen LogP contribution is -2.37. The number of carbonyl (C=O) groups is 1. The van der Waals surface area contributed by atoms with Crippen LogP contribution in [0.3, 0.4) is 0 Å². The molecule has 0 bridgehead atoms. The van der Waals surface area contributed by atoms with Crippen LogP contribution in [0.1, 0.15) is 34.8 Å². The molecule has 5 nitrogen and oxygen atoms in total. The van der Waals surface area contributed by atoms with Gasteiger partial charge in [-0.2, -0.15) is 0 Å². The van der Waals surface area contributed by atoms with E-state index in [9.17, 15) is 9.18 Å². The molecular weight excluding hydrogens is 499 g/mol. The molecule has 35 heavy (non-hydrogen) atoms. The molecule has 9 heteroatoms. The van der Waals surface area contributed by atoms with Gasteiger partial charge in [-0.3, -0.25) is 4.79 Å². The summed E-state index contributed by atoms with van der Waals surface area (Å²) in [6.45, 7) is 3.30. The standard InChI is InChI=1S/C26H21Cl2F2NO4/c1-2-33-18-9-10-31(14-18)25(32)19-12-23-24(13-22(19)30)35-26(34-23,15-3-6-17(29)7-4-15)20-8-5-16(27)11-21(20)28/h3-8,11-13,18H,2,9-10,14H2,1H3/t18-,26?/m0/s1. The molecule has 0 spiro atoms. The molecule has 2 aliphatic heterocycles. The third-order valence-electron chi connectivity index (χ3n) is 6.12. The van der Waals surface area contributed by atoms with E-state index in [0.717, 1.165) is 6.07 Å². The number of rotatable bonds is 5. The Hall–Kier alpha value is -2.87. The van der Waals surface area contributed by atoms with Crippen LogP contribution in [0.25, 0.3) is 0 Å². The van der Waals surface area contributed by atoms with Gasteiger partial charge in [0.15, 0.2) is 11.5 Å². The first-order chi connectivity index (χ1) is 16.8. The summed E-state index contributed by atoms with van der Waals surface area (Å²) in [6, 6.07) is 12.7. The Morgan fingerprint density at radius 3 is 2.49 bits per heavy atom. The second-order valence-corrected chi connectivity index (χ2v) is 9.19. The second kappa shape index (κ2) is 9.30. The number of nitrogens with zero attached hydrogens (tertiary/aromatic N) is 1. The number of carbonyl (C=O) groups excluding carboxylic acids is 1. The van der Waals surface area contributed by atoms with E-state index < -0.39 is 23.3 Å². The van der Waals surface area contributed by atoms with Gasteiger partial charge < -0.3 is 19.1 Å². The average molecular weight is 520 g/mol. The van der Waals surface area contributed by atoms with E-state index in [2.05, 4.69) is 0 Å². The lowest BCUT2D eigenvalue weighted by molar-refractivity contribution is -0.0459. The summed E-state index contributed by atoms with van der Waals surface area (Å²) in [7, 11) is 0. The van der Waals surface area contributed by atoms with Gasteiger partial charge in [0, 0.05) is 36.3 Å². The predicted molar refractivity (Wildman–Crippen MR) is 127 cm³/mol. The van der Waals surface area contributed by atoms with Gasteiger partial charge in [0.25, 0.3) is 5.91 Å². The van der Waals surface area contributed by atoms with Crippen molar-refractivity contribution in [1.82, 2.24) is 4.90 Å². The third kappa shape index (κ3) is 4.33. The van der Waals surface area contributed by atoms with Crippen molar-refractivity contribution in [2.45, 2.75) is 25.2 Å². The molecule has 0 aliphatic carbocycles. The minimum absolute atomic E-state index is 0.0702. The van der Waals surface area contributed by atoms with Crippen LogP contribution in [-0.4, -0.2) is 36.6 Å². The first-order valence-corrected chi connectivity index (χ1v) is 11.9. The van der Waals surface area contributed by atoms with Crippen molar-refractivity contribution in [3.05, 3.63) is 93.0 Å². The van der Waals surface area contributed by atoms with E-state index in [-0.39, 0.29) is 28.2 Å². The zero-order valence-electron chi connectivity index (χ0n) is 18.7. The van der Waals surface area contributed by atoms with Crippen LogP contribution in [0.4, 0.5) is 8.78 Å². The zero-order valence-corrected chi connectivity index (χ0v) is 20.2. The Morgan fingerprint density at radius 1 is 1.09 bits per heavy atom. The molecule has 3 aromatic carbocycles. The summed E-state index contributed by atoms with van der Waals surface area (Å²) in [5.74, 6) is -3.04. The van der Waals surface area contributed by atoms with Crippen molar-refractivity contribution in [1.29, 1.82) is 0 Å². The predicted octanol–water partition coefficient (Wildman–Crippen LogP) is 6.20. The van der Waals surface area contributed by atoms with Gasteiger partial charge in [-0.25, -0.2) is 8.78 Å². The smallest absolute Gasteiger partial charge is 0.307 e. The molecule has 0 saturated carbocycles. The molecule has 3 aromatic rings. The highest BCUT2D eigenvalue weighted by molar-refractivity contribution is 6.35. The third-order valence-corrected chi connectivity index (χ3v) is 6.66. The van der Waals surface area contributed by atoms with E-state index in [4.69, 9.17) is 37.4 Å². The highest BCUT2D eigenvalue weighted by atomic mass is 35.5. The van der Waals surface area contributed by atoms with Crippen molar-refractivity contribution >= 4 is 29.1 Å². The van der Waals surface area contributed by atoms with Gasteiger partial charge in [0.2, 0.25) is 0 Å². The summed E-state index contributed by atoms with van der Waals surface area (Å²) < 4.78 is 46.8. The number of hydrogen-bond donors (Lipinski definition) is 0. The van der Waals surface area contributed by atoms with E-state index >= 15 is 4.39 Å². The number of halogens is 4. The fourth-order valence-corrected chi connectivity index (χ4v) is 4.99. The van der Waals surface area contributed by atoms with Crippen LogP contribution in [0.2, 0.25) is 10.0 Å². The number of ether oxygens (including phenoxy) is 3. The lowest BCUT2D eigenvalue weighted by Gasteiger charge is -2.29. The van der Waals surface area contributed by atoms with Crippen LogP contribution in [0, 0.1) is 11.6 Å². The number of likely N-dealkylation sites (tertiary alicyclic amines) is 1. The number of benzene rings is 3. The molecule has 2 heterocycles. The average Bonchev–Trinajstić information content (AvgIpc) is 3.44.